The number of anilines is 1. The Hall–Kier alpha value is -2.80. The van der Waals surface area contributed by atoms with Crippen molar-refractivity contribution in [3.05, 3.63) is 58.3 Å². The fourth-order valence-electron chi connectivity index (χ4n) is 4.36. The number of nitrogens with one attached hydrogen (secondary N) is 1. The Balaban J connectivity index is 1.54. The van der Waals surface area contributed by atoms with Gasteiger partial charge in [0.15, 0.2) is 11.5 Å². The smallest absolute Gasteiger partial charge is 0.294 e. The Morgan fingerprint density at radius 1 is 1.15 bits per heavy atom. The Labute approximate surface area is 203 Å². The van der Waals surface area contributed by atoms with Crippen LogP contribution in [-0.4, -0.2) is 31.5 Å². The van der Waals surface area contributed by atoms with Gasteiger partial charge >= 0.3 is 0 Å². The molecule has 1 heterocycles. The molecule has 2 aromatic rings. The highest BCUT2D eigenvalue weighted by molar-refractivity contribution is 9.10. The normalized spacial score (nSPS) is 18.2. The summed E-state index contributed by atoms with van der Waals surface area (Å²) in [7, 11) is 1.60. The number of benzene rings is 2. The zero-order valence-corrected chi connectivity index (χ0v) is 20.4. The van der Waals surface area contributed by atoms with Gasteiger partial charge in [0.05, 0.1) is 17.3 Å². The van der Waals surface area contributed by atoms with Crippen molar-refractivity contribution in [1.82, 2.24) is 5.32 Å². The lowest BCUT2D eigenvalue weighted by Crippen LogP contribution is -2.46. The van der Waals surface area contributed by atoms with E-state index in [-0.39, 0.29) is 30.2 Å². The van der Waals surface area contributed by atoms with Crippen molar-refractivity contribution in [2.45, 2.75) is 51.0 Å². The van der Waals surface area contributed by atoms with Crippen molar-refractivity contribution in [1.29, 1.82) is 0 Å². The molecule has 1 aliphatic heterocycles. The lowest BCUT2D eigenvalue weighted by atomic mass is 9.97. The van der Waals surface area contributed by atoms with Gasteiger partial charge in [0.1, 0.15) is 12.3 Å². The van der Waals surface area contributed by atoms with Gasteiger partial charge in [-0.3, -0.25) is 14.5 Å². The van der Waals surface area contributed by atoms with Crippen LogP contribution in [0.25, 0.3) is 6.08 Å². The number of amides is 2. The van der Waals surface area contributed by atoms with E-state index in [4.69, 9.17) is 9.47 Å². The number of hydrogen-bond acceptors (Lipinski definition) is 4. The largest absolute Gasteiger partial charge is 0.496 e. The van der Waals surface area contributed by atoms with Crippen LogP contribution in [-0.2, 0) is 9.59 Å². The molecule has 0 bridgehead atoms. The van der Waals surface area contributed by atoms with E-state index < -0.39 is 0 Å². The number of methoxy groups -OCH3 is 1. The molecule has 1 N–H and O–H groups in total. The van der Waals surface area contributed by atoms with Crippen LogP contribution >= 0.6 is 15.9 Å². The number of hydrogen-bond donors (Lipinski definition) is 1. The number of para-hydroxylation sites is 2. The van der Waals surface area contributed by atoms with Gasteiger partial charge in [-0.15, -0.1) is 0 Å². The third-order valence-electron chi connectivity index (χ3n) is 6.08. The maximum Gasteiger partial charge on any atom is 0.294 e. The summed E-state index contributed by atoms with van der Waals surface area (Å²) < 4.78 is 12.0. The Morgan fingerprint density at radius 2 is 1.88 bits per heavy atom. The van der Waals surface area contributed by atoms with Gasteiger partial charge in [0, 0.05) is 6.04 Å². The Kier molecular flexibility index (Phi) is 7.70. The van der Waals surface area contributed by atoms with E-state index >= 15 is 0 Å². The Bertz CT molecular complexity index is 1040. The monoisotopic (exact) mass is 512 g/mol. The lowest BCUT2D eigenvalue weighted by Gasteiger charge is -2.31. The number of nitrogens with zero attached hydrogens (tertiary/aromatic N) is 1. The molecule has 1 fully saturated rings. The van der Waals surface area contributed by atoms with Crippen LogP contribution in [0.2, 0.25) is 0 Å². The molecule has 2 aliphatic rings. The van der Waals surface area contributed by atoms with Crippen LogP contribution in [0.5, 0.6) is 11.5 Å². The van der Waals surface area contributed by atoms with E-state index in [1.807, 2.05) is 30.3 Å². The third kappa shape index (κ3) is 5.77. The molecule has 1 aliphatic carbocycles. The van der Waals surface area contributed by atoms with Gasteiger partial charge in [-0.25, -0.2) is 0 Å². The van der Waals surface area contributed by atoms with Crippen molar-refractivity contribution in [3.8, 4) is 11.5 Å². The first-order valence-electron chi connectivity index (χ1n) is 11.5. The second-order valence-electron chi connectivity index (χ2n) is 8.47. The standard InChI is InChI=1S/C26H29BrN2O4/c1-32-22-14-13-18(15-20(22)27)16-24-26(31)29(21-11-7-8-12-23(21)33-24)17-25(30)28-19-9-5-3-2-4-6-10-19/h7-8,11-16,19H,2-6,9-10,17H2,1H3,(H,28,30). The molecule has 1 saturated carbocycles. The first-order chi connectivity index (χ1) is 16.0. The minimum Gasteiger partial charge on any atom is -0.496 e. The SMILES string of the molecule is COc1ccc(C=C2Oc3ccccc3N(CC(=O)NC3CCCCCCC3)C2=O)cc1Br. The maximum absolute atomic E-state index is 13.3. The fourth-order valence-corrected chi connectivity index (χ4v) is 4.92. The summed E-state index contributed by atoms with van der Waals surface area (Å²) in [4.78, 5) is 27.8. The van der Waals surface area contributed by atoms with E-state index in [2.05, 4.69) is 21.2 Å². The number of rotatable bonds is 5. The number of fused-ring (bicyclic) bond motifs is 1. The van der Waals surface area contributed by atoms with Crippen LogP contribution in [0.4, 0.5) is 5.69 Å². The third-order valence-corrected chi connectivity index (χ3v) is 6.70. The zero-order valence-electron chi connectivity index (χ0n) is 18.8. The molecule has 174 valence electrons. The summed E-state index contributed by atoms with van der Waals surface area (Å²) in [5, 5.41) is 3.16. The molecule has 0 radical (unpaired) electrons. The van der Waals surface area contributed by atoms with Crippen molar-refractivity contribution < 1.29 is 19.1 Å². The summed E-state index contributed by atoms with van der Waals surface area (Å²) in [5.41, 5.74) is 1.38. The molecule has 2 aromatic carbocycles. The second kappa shape index (κ2) is 10.9. The predicted molar refractivity (Wildman–Crippen MR) is 132 cm³/mol. The van der Waals surface area contributed by atoms with Crippen molar-refractivity contribution in [2.75, 3.05) is 18.6 Å². The molecule has 6 nitrogen and oxygen atoms in total. The summed E-state index contributed by atoms with van der Waals surface area (Å²) in [6, 6.07) is 13.0. The predicted octanol–water partition coefficient (Wildman–Crippen LogP) is 5.45. The van der Waals surface area contributed by atoms with Crippen molar-refractivity contribution in [3.63, 3.8) is 0 Å². The molecule has 0 aromatic heterocycles. The molecule has 4 rings (SSSR count). The first-order valence-corrected chi connectivity index (χ1v) is 12.3. The first kappa shape index (κ1) is 23.4. The van der Waals surface area contributed by atoms with Gasteiger partial charge in [-0.1, -0.05) is 50.3 Å². The summed E-state index contributed by atoms with van der Waals surface area (Å²) in [6.45, 7) is -0.0423. The number of carbonyl (C=O) groups is 2. The van der Waals surface area contributed by atoms with E-state index in [1.54, 1.807) is 25.3 Å². The van der Waals surface area contributed by atoms with Crippen LogP contribution < -0.4 is 19.7 Å². The molecular weight excluding hydrogens is 484 g/mol. The average molecular weight is 513 g/mol. The summed E-state index contributed by atoms with van der Waals surface area (Å²) in [6.07, 6.45) is 9.66. The Morgan fingerprint density at radius 3 is 2.61 bits per heavy atom. The van der Waals surface area contributed by atoms with E-state index in [1.165, 1.54) is 24.2 Å². The minimum atomic E-state index is -0.339. The molecule has 33 heavy (non-hydrogen) atoms. The molecule has 0 saturated heterocycles. The molecule has 0 spiro atoms. The average Bonchev–Trinajstić information content (AvgIpc) is 2.78. The number of ether oxygens (including phenoxy) is 2. The maximum atomic E-state index is 13.3. The summed E-state index contributed by atoms with van der Waals surface area (Å²) in [5.74, 6) is 0.940. The number of halogens is 1. The molecular formula is C26H29BrN2O4. The van der Waals surface area contributed by atoms with E-state index in [9.17, 15) is 9.59 Å². The molecule has 0 unspecified atom stereocenters. The molecule has 7 heteroatoms. The molecule has 2 amide bonds. The van der Waals surface area contributed by atoms with E-state index in [0.717, 1.165) is 35.7 Å². The molecule has 0 atom stereocenters. The fraction of sp³-hybridized carbons (Fsp3) is 0.385. The van der Waals surface area contributed by atoms with Crippen LogP contribution in [0.3, 0.4) is 0 Å². The van der Waals surface area contributed by atoms with Gasteiger partial charge in [0.25, 0.3) is 5.91 Å². The second-order valence-corrected chi connectivity index (χ2v) is 9.33. The van der Waals surface area contributed by atoms with Crippen molar-refractivity contribution in [2.24, 2.45) is 0 Å². The van der Waals surface area contributed by atoms with Gasteiger partial charge in [-0.2, -0.15) is 0 Å². The lowest BCUT2D eigenvalue weighted by molar-refractivity contribution is -0.124. The van der Waals surface area contributed by atoms with Crippen LogP contribution in [0, 0.1) is 0 Å². The summed E-state index contributed by atoms with van der Waals surface area (Å²) >= 11 is 3.47. The number of carbonyl (C=O) groups excluding carboxylic acids is 2. The van der Waals surface area contributed by atoms with Crippen LogP contribution in [0.15, 0.2) is 52.7 Å². The van der Waals surface area contributed by atoms with Gasteiger partial charge in [-0.05, 0) is 64.7 Å². The highest BCUT2D eigenvalue weighted by Crippen LogP contribution is 2.36. The van der Waals surface area contributed by atoms with Crippen molar-refractivity contribution >= 4 is 39.5 Å². The van der Waals surface area contributed by atoms with Crippen LogP contribution in [0.1, 0.15) is 50.5 Å². The van der Waals surface area contributed by atoms with E-state index in [0.29, 0.717) is 17.2 Å². The minimum absolute atomic E-state index is 0.0423. The zero-order chi connectivity index (χ0) is 23.2. The highest BCUT2D eigenvalue weighted by atomic mass is 79.9. The quantitative estimate of drug-likeness (QED) is 0.540. The van der Waals surface area contributed by atoms with Gasteiger partial charge < -0.3 is 14.8 Å². The highest BCUT2D eigenvalue weighted by Gasteiger charge is 2.32. The topological polar surface area (TPSA) is 67.9 Å². The van der Waals surface area contributed by atoms with Gasteiger partial charge in [0.2, 0.25) is 5.91 Å².